The Morgan fingerprint density at radius 3 is 2.83 bits per heavy atom. The first-order valence-electron chi connectivity index (χ1n) is 9.34. The van der Waals surface area contributed by atoms with E-state index in [-0.39, 0.29) is 17.4 Å². The van der Waals surface area contributed by atoms with Crippen molar-refractivity contribution in [1.29, 1.82) is 5.26 Å². The second-order valence-electron chi connectivity index (χ2n) is 6.63. The number of aromatic nitrogens is 2. The molecule has 1 aromatic heterocycles. The predicted molar refractivity (Wildman–Crippen MR) is 107 cm³/mol. The fourth-order valence-electron chi connectivity index (χ4n) is 3.27. The van der Waals surface area contributed by atoms with Gasteiger partial charge in [-0.15, -0.1) is 0 Å². The Kier molecular flexibility index (Phi) is 5.64. The molecule has 29 heavy (non-hydrogen) atoms. The molecular formula is C20H22N6O3. The quantitative estimate of drug-likeness (QED) is 0.736. The summed E-state index contributed by atoms with van der Waals surface area (Å²) in [5.41, 5.74) is 5.26. The predicted octanol–water partition coefficient (Wildman–Crippen LogP) is 2.37. The third kappa shape index (κ3) is 3.82. The van der Waals surface area contributed by atoms with Crippen LogP contribution in [0.2, 0.25) is 0 Å². The topological polar surface area (TPSA) is 134 Å². The van der Waals surface area contributed by atoms with E-state index < -0.39 is 11.3 Å². The van der Waals surface area contributed by atoms with E-state index in [9.17, 15) is 14.9 Å². The second kappa shape index (κ2) is 8.14. The Morgan fingerprint density at radius 2 is 2.21 bits per heavy atom. The average Bonchev–Trinajstić information content (AvgIpc) is 3.05. The third-order valence-electron chi connectivity index (χ3n) is 4.95. The van der Waals surface area contributed by atoms with Crippen molar-refractivity contribution in [1.82, 2.24) is 9.97 Å². The van der Waals surface area contributed by atoms with Gasteiger partial charge in [0.15, 0.2) is 0 Å². The van der Waals surface area contributed by atoms with Gasteiger partial charge in [-0.05, 0) is 38.0 Å². The van der Waals surface area contributed by atoms with Crippen molar-refractivity contribution in [2.75, 3.05) is 23.4 Å². The Morgan fingerprint density at radius 1 is 1.41 bits per heavy atom. The summed E-state index contributed by atoms with van der Waals surface area (Å²) in [6.45, 7) is 4.45. The van der Waals surface area contributed by atoms with E-state index in [2.05, 4.69) is 21.4 Å². The van der Waals surface area contributed by atoms with Crippen molar-refractivity contribution in [3.63, 3.8) is 0 Å². The van der Waals surface area contributed by atoms with Crippen molar-refractivity contribution >= 4 is 29.3 Å². The summed E-state index contributed by atoms with van der Waals surface area (Å²) in [6.07, 6.45) is 2.47. The molecule has 1 saturated heterocycles. The van der Waals surface area contributed by atoms with Crippen molar-refractivity contribution < 1.29 is 14.3 Å². The number of amides is 2. The van der Waals surface area contributed by atoms with Crippen LogP contribution in [0.15, 0.2) is 30.5 Å². The molecule has 0 unspecified atom stereocenters. The molecule has 0 saturated carbocycles. The minimum absolute atomic E-state index is 0.239. The monoisotopic (exact) mass is 394 g/mol. The smallest absolute Gasteiger partial charge is 0.252 e. The molecule has 9 heteroatoms. The van der Waals surface area contributed by atoms with Gasteiger partial charge in [-0.3, -0.25) is 14.5 Å². The SMILES string of the molecule is CCOc1cc(Nc2nccc(N3CC[C@@](C#N)(CC)C3=O)n2)ccc1C(N)=O. The van der Waals surface area contributed by atoms with Gasteiger partial charge in [0.25, 0.3) is 5.91 Å². The molecule has 1 aliphatic heterocycles. The Hall–Kier alpha value is -3.67. The highest BCUT2D eigenvalue weighted by Crippen LogP contribution is 2.36. The highest BCUT2D eigenvalue weighted by atomic mass is 16.5. The lowest BCUT2D eigenvalue weighted by Gasteiger charge is -2.19. The van der Waals surface area contributed by atoms with Crippen LogP contribution in [0.3, 0.4) is 0 Å². The number of nitrogens with zero attached hydrogens (tertiary/aromatic N) is 4. The molecule has 3 N–H and O–H groups in total. The first kappa shape index (κ1) is 20.1. The molecule has 1 fully saturated rings. The molecule has 0 bridgehead atoms. The number of hydrogen-bond donors (Lipinski definition) is 2. The van der Waals surface area contributed by atoms with Gasteiger partial charge in [-0.1, -0.05) is 6.92 Å². The summed E-state index contributed by atoms with van der Waals surface area (Å²) in [4.78, 5) is 34.4. The largest absolute Gasteiger partial charge is 0.493 e. The maximum absolute atomic E-state index is 12.7. The van der Waals surface area contributed by atoms with E-state index in [0.29, 0.717) is 43.2 Å². The molecule has 150 valence electrons. The molecule has 1 aliphatic rings. The van der Waals surface area contributed by atoms with Crippen LogP contribution >= 0.6 is 0 Å². The molecule has 2 amide bonds. The van der Waals surface area contributed by atoms with E-state index in [0.717, 1.165) is 0 Å². The summed E-state index contributed by atoms with van der Waals surface area (Å²) in [7, 11) is 0. The maximum Gasteiger partial charge on any atom is 0.252 e. The van der Waals surface area contributed by atoms with Crippen molar-refractivity contribution in [3.8, 4) is 11.8 Å². The van der Waals surface area contributed by atoms with Crippen LogP contribution in [-0.4, -0.2) is 34.9 Å². The minimum Gasteiger partial charge on any atom is -0.493 e. The van der Waals surface area contributed by atoms with Gasteiger partial charge in [0.2, 0.25) is 11.9 Å². The van der Waals surface area contributed by atoms with Crippen molar-refractivity contribution in [2.45, 2.75) is 26.7 Å². The van der Waals surface area contributed by atoms with Crippen LogP contribution in [0.1, 0.15) is 37.0 Å². The van der Waals surface area contributed by atoms with Crippen LogP contribution in [0, 0.1) is 16.7 Å². The number of ether oxygens (including phenoxy) is 1. The third-order valence-corrected chi connectivity index (χ3v) is 4.95. The number of nitrogens with one attached hydrogen (secondary N) is 1. The highest BCUT2D eigenvalue weighted by molar-refractivity contribution is 6.01. The number of primary amides is 1. The number of carbonyl (C=O) groups is 2. The van der Waals surface area contributed by atoms with Gasteiger partial charge < -0.3 is 15.8 Å². The number of nitrogens with two attached hydrogens (primary N) is 1. The van der Waals surface area contributed by atoms with E-state index >= 15 is 0 Å². The molecule has 2 aromatic rings. The molecular weight excluding hydrogens is 372 g/mol. The fraction of sp³-hybridized carbons (Fsp3) is 0.350. The van der Waals surface area contributed by atoms with Crippen LogP contribution in [0.4, 0.5) is 17.5 Å². The fourth-order valence-corrected chi connectivity index (χ4v) is 3.27. The molecule has 1 aromatic carbocycles. The highest BCUT2D eigenvalue weighted by Gasteiger charge is 2.46. The number of rotatable bonds is 7. The van der Waals surface area contributed by atoms with Crippen molar-refractivity contribution in [3.05, 3.63) is 36.0 Å². The summed E-state index contributed by atoms with van der Waals surface area (Å²) < 4.78 is 5.48. The van der Waals surface area contributed by atoms with Crippen molar-refractivity contribution in [2.24, 2.45) is 11.1 Å². The Labute approximate surface area is 168 Å². The molecule has 2 heterocycles. The van der Waals surface area contributed by atoms with Gasteiger partial charge in [-0.25, -0.2) is 4.98 Å². The first-order chi connectivity index (χ1) is 13.9. The zero-order valence-corrected chi connectivity index (χ0v) is 16.3. The van der Waals surface area contributed by atoms with Gasteiger partial charge >= 0.3 is 0 Å². The van der Waals surface area contributed by atoms with E-state index in [1.807, 2.05) is 13.8 Å². The van der Waals surface area contributed by atoms with Gasteiger partial charge in [-0.2, -0.15) is 10.2 Å². The van der Waals surface area contributed by atoms with Crippen LogP contribution < -0.4 is 20.7 Å². The summed E-state index contributed by atoms with van der Waals surface area (Å²) in [6, 6.07) is 8.66. The zero-order valence-electron chi connectivity index (χ0n) is 16.3. The number of benzene rings is 1. The van der Waals surface area contributed by atoms with Crippen LogP contribution in [0.25, 0.3) is 0 Å². The molecule has 3 rings (SSSR count). The summed E-state index contributed by atoms with van der Waals surface area (Å²) in [5.74, 6) is 0.240. The molecule has 9 nitrogen and oxygen atoms in total. The maximum atomic E-state index is 12.7. The molecule has 0 aliphatic carbocycles. The number of hydrogen-bond acceptors (Lipinski definition) is 7. The normalized spacial score (nSPS) is 18.4. The van der Waals surface area contributed by atoms with E-state index in [1.165, 1.54) is 11.1 Å². The first-order valence-corrected chi connectivity index (χ1v) is 9.34. The van der Waals surface area contributed by atoms with E-state index in [1.54, 1.807) is 24.3 Å². The summed E-state index contributed by atoms with van der Waals surface area (Å²) in [5, 5.41) is 12.5. The Bertz CT molecular complexity index is 986. The van der Waals surface area contributed by atoms with Crippen LogP contribution in [-0.2, 0) is 4.79 Å². The van der Waals surface area contributed by atoms with Gasteiger partial charge in [0, 0.05) is 24.5 Å². The standard InChI is InChI=1S/C20H22N6O3/c1-3-20(12-21)8-10-26(18(20)28)16-7-9-23-19(25-16)24-13-5-6-14(17(22)27)15(11-13)29-4-2/h5-7,9,11H,3-4,8,10H2,1-2H3,(H2,22,27)(H,23,24,25)/t20-/m1/s1. The van der Waals surface area contributed by atoms with Gasteiger partial charge in [0.05, 0.1) is 18.2 Å². The second-order valence-corrected chi connectivity index (χ2v) is 6.63. The molecule has 0 spiro atoms. The number of carbonyl (C=O) groups excluding carboxylic acids is 2. The minimum atomic E-state index is -0.991. The molecule has 0 radical (unpaired) electrons. The lowest BCUT2D eigenvalue weighted by molar-refractivity contribution is -0.123. The zero-order chi connectivity index (χ0) is 21.0. The lowest BCUT2D eigenvalue weighted by Crippen LogP contribution is -2.33. The summed E-state index contributed by atoms with van der Waals surface area (Å²) >= 11 is 0. The van der Waals surface area contributed by atoms with Crippen LogP contribution in [0.5, 0.6) is 5.75 Å². The average molecular weight is 394 g/mol. The van der Waals surface area contributed by atoms with Gasteiger partial charge in [0.1, 0.15) is 17.0 Å². The van der Waals surface area contributed by atoms with E-state index in [4.69, 9.17) is 10.5 Å². The molecule has 1 atom stereocenters. The number of anilines is 3. The Balaban J connectivity index is 1.84. The number of nitriles is 1. The lowest BCUT2D eigenvalue weighted by atomic mass is 9.85.